The fraction of sp³-hybridized carbons (Fsp3) is 0.273. The number of nitrogens with one attached hydrogen (secondary N) is 1. The van der Waals surface area contributed by atoms with E-state index in [-0.39, 0.29) is 6.04 Å². The van der Waals surface area contributed by atoms with Crippen LogP contribution >= 0.6 is 23.2 Å². The van der Waals surface area contributed by atoms with E-state index in [1.807, 2.05) is 12.1 Å². The van der Waals surface area contributed by atoms with Crippen molar-refractivity contribution in [2.75, 3.05) is 0 Å². The standard InChI is InChI=1S/C11H10Cl2N2/c12-7-3-6-5-1-2-9(14)11(5)15-10(6)4-8(7)13/h3-4,9,15H,1-2,14H2. The Hall–Kier alpha value is -0.700. The van der Waals surface area contributed by atoms with Crippen LogP contribution in [0.1, 0.15) is 23.7 Å². The van der Waals surface area contributed by atoms with Crippen LogP contribution in [0.2, 0.25) is 10.0 Å². The lowest BCUT2D eigenvalue weighted by Gasteiger charge is -2.00. The quantitative estimate of drug-likeness (QED) is 0.729. The van der Waals surface area contributed by atoms with Gasteiger partial charge in [0.25, 0.3) is 0 Å². The molecule has 0 fully saturated rings. The number of H-pyrrole nitrogens is 1. The number of hydrogen-bond donors (Lipinski definition) is 2. The third-order valence-electron chi connectivity index (χ3n) is 3.06. The highest BCUT2D eigenvalue weighted by Gasteiger charge is 2.23. The molecular formula is C11H10Cl2N2. The molecule has 1 aliphatic carbocycles. The second-order valence-electron chi connectivity index (χ2n) is 3.97. The second-order valence-corrected chi connectivity index (χ2v) is 4.79. The summed E-state index contributed by atoms with van der Waals surface area (Å²) in [6.07, 6.45) is 2.03. The minimum Gasteiger partial charge on any atom is -0.357 e. The first-order valence-corrected chi connectivity index (χ1v) is 5.67. The predicted octanol–water partition coefficient (Wildman–Crippen LogP) is 3.42. The molecule has 2 aromatic rings. The summed E-state index contributed by atoms with van der Waals surface area (Å²) in [5.41, 5.74) is 9.46. The maximum absolute atomic E-state index is 6.01. The van der Waals surface area contributed by atoms with Gasteiger partial charge in [0.15, 0.2) is 0 Å². The summed E-state index contributed by atoms with van der Waals surface area (Å²) in [6, 6.07) is 3.92. The van der Waals surface area contributed by atoms with Crippen molar-refractivity contribution in [3.63, 3.8) is 0 Å². The maximum Gasteiger partial charge on any atom is 0.0613 e. The first-order chi connectivity index (χ1) is 7.16. The zero-order chi connectivity index (χ0) is 10.6. The molecular weight excluding hydrogens is 231 g/mol. The molecule has 1 heterocycles. The summed E-state index contributed by atoms with van der Waals surface area (Å²) in [5, 5.41) is 2.34. The van der Waals surface area contributed by atoms with Crippen molar-refractivity contribution in [3.05, 3.63) is 33.4 Å². The highest BCUT2D eigenvalue weighted by Crippen LogP contribution is 2.37. The van der Waals surface area contributed by atoms with E-state index in [9.17, 15) is 0 Å². The van der Waals surface area contributed by atoms with Gasteiger partial charge < -0.3 is 10.7 Å². The molecule has 0 radical (unpaired) electrons. The van der Waals surface area contributed by atoms with Gasteiger partial charge in [-0.3, -0.25) is 0 Å². The monoisotopic (exact) mass is 240 g/mol. The molecule has 0 aliphatic heterocycles. The summed E-state index contributed by atoms with van der Waals surface area (Å²) in [6.45, 7) is 0. The Balaban J connectivity index is 2.35. The van der Waals surface area contributed by atoms with Crippen LogP contribution < -0.4 is 5.73 Å². The average Bonchev–Trinajstić information content (AvgIpc) is 2.70. The van der Waals surface area contributed by atoms with Crippen LogP contribution in [0.4, 0.5) is 0 Å². The smallest absolute Gasteiger partial charge is 0.0613 e. The van der Waals surface area contributed by atoms with E-state index in [0.29, 0.717) is 10.0 Å². The fourth-order valence-corrected chi connectivity index (χ4v) is 2.62. The first-order valence-electron chi connectivity index (χ1n) is 4.92. The summed E-state index contributed by atoms with van der Waals surface area (Å²) < 4.78 is 0. The van der Waals surface area contributed by atoms with Gasteiger partial charge in [0.2, 0.25) is 0 Å². The third kappa shape index (κ3) is 1.29. The first kappa shape index (κ1) is 9.52. The molecule has 1 aromatic heterocycles. The van der Waals surface area contributed by atoms with Crippen LogP contribution in [-0.4, -0.2) is 4.98 Å². The van der Waals surface area contributed by atoms with Gasteiger partial charge in [-0.1, -0.05) is 23.2 Å². The van der Waals surface area contributed by atoms with Gasteiger partial charge in [-0.25, -0.2) is 0 Å². The lowest BCUT2D eigenvalue weighted by atomic mass is 10.1. The van der Waals surface area contributed by atoms with Gasteiger partial charge in [0.1, 0.15) is 0 Å². The summed E-state index contributed by atoms with van der Waals surface area (Å²) >= 11 is 12.0. The van der Waals surface area contributed by atoms with Crippen molar-refractivity contribution in [2.45, 2.75) is 18.9 Å². The molecule has 1 atom stereocenters. The molecule has 3 N–H and O–H groups in total. The fourth-order valence-electron chi connectivity index (χ4n) is 2.30. The van der Waals surface area contributed by atoms with E-state index < -0.39 is 0 Å². The average molecular weight is 241 g/mol. The highest BCUT2D eigenvalue weighted by molar-refractivity contribution is 6.42. The Bertz CT molecular complexity index is 545. The van der Waals surface area contributed by atoms with Gasteiger partial charge >= 0.3 is 0 Å². The highest BCUT2D eigenvalue weighted by atomic mass is 35.5. The lowest BCUT2D eigenvalue weighted by molar-refractivity contribution is 0.699. The van der Waals surface area contributed by atoms with Gasteiger partial charge in [-0.15, -0.1) is 0 Å². The number of aromatic amines is 1. The number of fused-ring (bicyclic) bond motifs is 3. The van der Waals surface area contributed by atoms with Crippen molar-refractivity contribution in [1.82, 2.24) is 4.98 Å². The molecule has 3 rings (SSSR count). The molecule has 2 nitrogen and oxygen atoms in total. The van der Waals surface area contributed by atoms with Crippen molar-refractivity contribution in [3.8, 4) is 0 Å². The summed E-state index contributed by atoms with van der Waals surface area (Å²) in [5.74, 6) is 0. The number of benzene rings is 1. The number of rotatable bonds is 0. The molecule has 0 spiro atoms. The Morgan fingerprint density at radius 1 is 1.27 bits per heavy atom. The summed E-state index contributed by atoms with van der Waals surface area (Å²) in [7, 11) is 0. The van der Waals surface area contributed by atoms with Gasteiger partial charge in [-0.05, 0) is 30.5 Å². The maximum atomic E-state index is 6.01. The molecule has 1 aliphatic rings. The van der Waals surface area contributed by atoms with Crippen LogP contribution in [0.5, 0.6) is 0 Å². The summed E-state index contributed by atoms with van der Waals surface area (Å²) in [4.78, 5) is 3.33. The van der Waals surface area contributed by atoms with Crippen LogP contribution in [0.3, 0.4) is 0 Å². The normalized spacial score (nSPS) is 19.8. The Labute approximate surface area is 97.4 Å². The van der Waals surface area contributed by atoms with E-state index in [1.165, 1.54) is 5.56 Å². The minimum atomic E-state index is 0.130. The molecule has 0 saturated carbocycles. The van der Waals surface area contributed by atoms with Crippen LogP contribution in [0.25, 0.3) is 10.9 Å². The number of halogens is 2. The van der Waals surface area contributed by atoms with Gasteiger partial charge in [-0.2, -0.15) is 0 Å². The molecule has 4 heteroatoms. The molecule has 1 aromatic carbocycles. The number of aryl methyl sites for hydroxylation is 1. The van der Waals surface area contributed by atoms with E-state index in [1.54, 1.807) is 0 Å². The van der Waals surface area contributed by atoms with Crippen LogP contribution in [0, 0.1) is 0 Å². The number of aromatic nitrogens is 1. The lowest BCUT2D eigenvalue weighted by Crippen LogP contribution is -2.05. The SMILES string of the molecule is NC1CCc2c1[nH]c1cc(Cl)c(Cl)cc21. The number of nitrogens with two attached hydrogens (primary N) is 1. The topological polar surface area (TPSA) is 41.8 Å². The van der Waals surface area contributed by atoms with Gasteiger partial charge in [0, 0.05) is 22.6 Å². The molecule has 15 heavy (non-hydrogen) atoms. The van der Waals surface area contributed by atoms with Crippen molar-refractivity contribution >= 4 is 34.1 Å². The molecule has 0 amide bonds. The largest absolute Gasteiger partial charge is 0.357 e. The zero-order valence-electron chi connectivity index (χ0n) is 7.98. The zero-order valence-corrected chi connectivity index (χ0v) is 9.49. The van der Waals surface area contributed by atoms with Crippen molar-refractivity contribution in [2.24, 2.45) is 5.73 Å². The van der Waals surface area contributed by atoms with Crippen LogP contribution in [0.15, 0.2) is 12.1 Å². The third-order valence-corrected chi connectivity index (χ3v) is 3.78. The Morgan fingerprint density at radius 3 is 2.80 bits per heavy atom. The van der Waals surface area contributed by atoms with Crippen molar-refractivity contribution < 1.29 is 0 Å². The predicted molar refractivity (Wildman–Crippen MR) is 63.6 cm³/mol. The van der Waals surface area contributed by atoms with E-state index in [4.69, 9.17) is 28.9 Å². The molecule has 78 valence electrons. The molecule has 1 unspecified atom stereocenters. The molecule has 0 bridgehead atoms. The van der Waals surface area contributed by atoms with Crippen molar-refractivity contribution in [1.29, 1.82) is 0 Å². The van der Waals surface area contributed by atoms with Crippen LogP contribution in [-0.2, 0) is 6.42 Å². The second kappa shape index (κ2) is 3.14. The van der Waals surface area contributed by atoms with E-state index in [0.717, 1.165) is 29.4 Å². The van der Waals surface area contributed by atoms with E-state index in [2.05, 4.69) is 4.98 Å². The minimum absolute atomic E-state index is 0.130. The Kier molecular flexibility index (Phi) is 2.00. The Morgan fingerprint density at radius 2 is 2.00 bits per heavy atom. The van der Waals surface area contributed by atoms with E-state index >= 15 is 0 Å². The van der Waals surface area contributed by atoms with Gasteiger partial charge in [0.05, 0.1) is 10.0 Å². The number of hydrogen-bond acceptors (Lipinski definition) is 1. The molecule has 0 saturated heterocycles.